The van der Waals surface area contributed by atoms with Crippen molar-refractivity contribution in [2.45, 2.75) is 167 Å². The highest BCUT2D eigenvalue weighted by Crippen LogP contribution is 2.43. The van der Waals surface area contributed by atoms with Crippen LogP contribution in [-0.4, -0.2) is 80.7 Å². The Kier molecular flexibility index (Phi) is 23.3. The van der Waals surface area contributed by atoms with E-state index in [1.807, 2.05) is 85.7 Å². The zero-order valence-corrected chi connectivity index (χ0v) is 63.1. The molecule has 4 saturated carbocycles. The van der Waals surface area contributed by atoms with Crippen LogP contribution in [0.3, 0.4) is 0 Å². The first-order valence-electron chi connectivity index (χ1n) is 36.3. The fourth-order valence-corrected chi connectivity index (χ4v) is 12.6. The number of rotatable bonds is 25. The quantitative estimate of drug-likeness (QED) is 0.0237. The molecule has 109 heavy (non-hydrogen) atoms. The lowest BCUT2D eigenvalue weighted by Crippen LogP contribution is -2.28. The van der Waals surface area contributed by atoms with E-state index in [0.717, 1.165) is 46.2 Å². The van der Waals surface area contributed by atoms with Crippen LogP contribution in [0.1, 0.15) is 203 Å². The van der Waals surface area contributed by atoms with Crippen molar-refractivity contribution in [2.24, 2.45) is 0 Å². The number of anilines is 12. The third-order valence-corrected chi connectivity index (χ3v) is 19.0. The number of aromatic amines is 4. The Labute approximate surface area is 637 Å². The standard InChI is InChI=1S/C20H22F2N6.C20H23FN6.2C19H20ClFN6/c1-3-16(14-7-6-13(21)8-15(14)22)25-18-10-19(24-11(2)23-18)26-20-9-17(27-28-20)12-4-5-12;1-12-22-17(24-19-10-16(26-27-19)13-4-5-13)11-18(23-12)25-20(2,3)14-6-8-15(21)9-7-14;2*1-10(14-6-5-13(20)7-15(14)21)22-17-9-18(24-11(2)23-17)25-19-8-16(26-27-19)12-3-4-12/h6-10,12,16H,3-5H2,1-2H3,(H3,23,24,25,26,27,28);6-11,13H,4-5H2,1-3H3,(H3,22,23,24,25,26,27);2*5-10,12H,3-4H2,1-2H3,(H3,22,23,24,25,26,27). The van der Waals surface area contributed by atoms with Crippen molar-refractivity contribution in [1.82, 2.24) is 80.7 Å². The molecule has 0 bridgehead atoms. The molecule has 0 spiro atoms. The molecule has 3 atom stereocenters. The summed E-state index contributed by atoms with van der Waals surface area (Å²) < 4.78 is 68.9. The molecule has 4 fully saturated rings. The van der Waals surface area contributed by atoms with Crippen molar-refractivity contribution in [2.75, 3.05) is 42.5 Å². The summed E-state index contributed by atoms with van der Waals surface area (Å²) in [6.45, 7) is 17.0. The predicted octanol–water partition coefficient (Wildman–Crippen LogP) is 19.8. The van der Waals surface area contributed by atoms with E-state index in [0.29, 0.717) is 132 Å². The number of nitrogens with zero attached hydrogens (tertiary/aromatic N) is 12. The third-order valence-electron chi connectivity index (χ3n) is 18.5. The topological polar surface area (TPSA) is 314 Å². The van der Waals surface area contributed by atoms with Gasteiger partial charge in [0.05, 0.1) is 23.7 Å². The van der Waals surface area contributed by atoms with Gasteiger partial charge in [-0.2, -0.15) is 20.4 Å². The second-order valence-electron chi connectivity index (χ2n) is 28.3. The van der Waals surface area contributed by atoms with Gasteiger partial charge in [-0.25, -0.2) is 61.8 Å². The predicted molar refractivity (Wildman–Crippen MR) is 415 cm³/mol. The van der Waals surface area contributed by atoms with E-state index in [1.54, 1.807) is 61.5 Å². The number of aromatic nitrogens is 16. The molecule has 4 aliphatic carbocycles. The Morgan fingerprint density at radius 2 is 0.688 bits per heavy atom. The van der Waals surface area contributed by atoms with Crippen LogP contribution < -0.4 is 42.5 Å². The van der Waals surface area contributed by atoms with Gasteiger partial charge in [-0.3, -0.25) is 20.4 Å². The minimum atomic E-state index is -0.593. The van der Waals surface area contributed by atoms with Crippen LogP contribution in [-0.2, 0) is 5.54 Å². The zero-order valence-electron chi connectivity index (χ0n) is 61.5. The number of halogens is 7. The van der Waals surface area contributed by atoms with Gasteiger partial charge < -0.3 is 42.5 Å². The molecule has 12 aromatic rings. The van der Waals surface area contributed by atoms with Crippen molar-refractivity contribution >= 4 is 93.0 Å². The lowest BCUT2D eigenvalue weighted by Gasteiger charge is -2.28. The van der Waals surface area contributed by atoms with E-state index in [1.165, 1.54) is 93.5 Å². The minimum absolute atomic E-state index is 0.247. The summed E-state index contributed by atoms with van der Waals surface area (Å²) in [7, 11) is 0. The molecule has 0 aliphatic heterocycles. The van der Waals surface area contributed by atoms with Crippen LogP contribution >= 0.6 is 23.2 Å². The van der Waals surface area contributed by atoms with Gasteiger partial charge in [-0.15, -0.1) is 0 Å². The number of nitrogens with one attached hydrogen (secondary N) is 12. The molecule has 0 radical (unpaired) electrons. The van der Waals surface area contributed by atoms with E-state index < -0.39 is 17.2 Å². The van der Waals surface area contributed by atoms with Gasteiger partial charge in [-0.1, -0.05) is 60.5 Å². The van der Waals surface area contributed by atoms with Crippen LogP contribution in [0.15, 0.2) is 127 Å². The Morgan fingerprint density at radius 1 is 0.376 bits per heavy atom. The number of hydrogen-bond donors (Lipinski definition) is 12. The molecule has 566 valence electrons. The first kappa shape index (κ1) is 75.9. The number of aryl methyl sites for hydroxylation is 4. The summed E-state index contributed by atoms with van der Waals surface area (Å²) in [4.78, 5) is 35.3. The summed E-state index contributed by atoms with van der Waals surface area (Å²) >= 11 is 11.7. The normalized spacial score (nSPS) is 14.6. The molecule has 4 aromatic carbocycles. The maximum atomic E-state index is 14.2. The summed E-state index contributed by atoms with van der Waals surface area (Å²) in [5, 5.41) is 56.0. The van der Waals surface area contributed by atoms with E-state index in [4.69, 9.17) is 23.2 Å². The maximum Gasteiger partial charge on any atom is 0.153 e. The van der Waals surface area contributed by atoms with Crippen molar-refractivity contribution < 1.29 is 22.0 Å². The van der Waals surface area contributed by atoms with Gasteiger partial charge in [-0.05, 0) is 161 Å². The third kappa shape index (κ3) is 21.1. The van der Waals surface area contributed by atoms with Gasteiger partial charge in [0.2, 0.25) is 0 Å². The van der Waals surface area contributed by atoms with Crippen LogP contribution in [0.5, 0.6) is 0 Å². The first-order valence-corrected chi connectivity index (χ1v) is 37.0. The fourth-order valence-electron chi connectivity index (χ4n) is 12.3. The molecular formula is C78H85Cl2F5N24. The highest BCUT2D eigenvalue weighted by molar-refractivity contribution is 6.30. The van der Waals surface area contributed by atoms with Crippen molar-refractivity contribution in [3.63, 3.8) is 0 Å². The van der Waals surface area contributed by atoms with Gasteiger partial charge in [0.1, 0.15) is 98.9 Å². The van der Waals surface area contributed by atoms with E-state index in [-0.39, 0.29) is 35.6 Å². The fraction of sp³-hybridized carbons (Fsp3) is 0.333. The number of H-pyrrole nitrogens is 4. The van der Waals surface area contributed by atoms with Crippen molar-refractivity contribution in [3.05, 3.63) is 235 Å². The molecule has 0 saturated heterocycles. The van der Waals surface area contributed by atoms with E-state index in [9.17, 15) is 22.0 Å². The van der Waals surface area contributed by atoms with Crippen molar-refractivity contribution in [1.29, 1.82) is 0 Å². The SMILES string of the molecule is CCC(Nc1cc(Nc2cc(C3CC3)[nH]n2)nc(C)n1)c1ccc(F)cc1F.Cc1nc(Nc2cc(C3CC3)[nH]n2)cc(NC(C)(C)c2ccc(F)cc2)n1.Cc1nc(Nc2cc(C3CC3)[nH]n2)cc(NC(C)c2ccc(Cl)cc2F)n1.Cc1nc(Nc2cc(C3CC3)[nH]n2)cc(NC(C)c2ccc(Cl)cc2F)n1. The lowest BCUT2D eigenvalue weighted by atomic mass is 9.94. The molecule has 31 heteroatoms. The Morgan fingerprint density at radius 3 is 1.03 bits per heavy atom. The van der Waals surface area contributed by atoms with Crippen LogP contribution in [0.25, 0.3) is 0 Å². The maximum absolute atomic E-state index is 14.2. The highest BCUT2D eigenvalue weighted by Gasteiger charge is 2.30. The Bertz CT molecular complexity index is 4970. The van der Waals surface area contributed by atoms with E-state index in [2.05, 4.69) is 123 Å². The van der Waals surface area contributed by atoms with Gasteiger partial charge in [0.15, 0.2) is 23.3 Å². The molecule has 8 heterocycles. The van der Waals surface area contributed by atoms with Gasteiger partial charge in [0.25, 0.3) is 0 Å². The van der Waals surface area contributed by atoms with Gasteiger partial charge >= 0.3 is 0 Å². The van der Waals surface area contributed by atoms with E-state index >= 15 is 0 Å². The molecule has 12 N–H and O–H groups in total. The molecular weight excluding hydrogens is 1440 g/mol. The molecule has 4 aliphatic rings. The second kappa shape index (κ2) is 33.4. The van der Waals surface area contributed by atoms with Gasteiger partial charge in [0, 0.05) is 128 Å². The number of benzene rings is 4. The largest absolute Gasteiger partial charge is 0.363 e. The molecule has 0 amide bonds. The summed E-state index contributed by atoms with van der Waals surface area (Å²) in [5.41, 5.74) is 6.58. The second-order valence-corrected chi connectivity index (χ2v) is 29.1. The smallest absolute Gasteiger partial charge is 0.153 e. The highest BCUT2D eigenvalue weighted by atomic mass is 35.5. The van der Waals surface area contributed by atoms with Crippen LogP contribution in [0.2, 0.25) is 10.0 Å². The average Bonchev–Trinajstić information content (AvgIpc) is 1.81. The molecule has 24 nitrogen and oxygen atoms in total. The first-order chi connectivity index (χ1) is 52.3. The van der Waals surface area contributed by atoms with Crippen LogP contribution in [0.4, 0.5) is 91.8 Å². The summed E-state index contributed by atoms with van der Waals surface area (Å²) in [6.07, 6.45) is 10.3. The van der Waals surface area contributed by atoms with Crippen LogP contribution in [0, 0.1) is 56.8 Å². The minimum Gasteiger partial charge on any atom is -0.363 e. The molecule has 3 unspecified atom stereocenters. The Hall–Kier alpha value is -11.3. The molecule has 16 rings (SSSR count). The zero-order chi connectivity index (χ0) is 76.6. The van der Waals surface area contributed by atoms with Crippen molar-refractivity contribution in [3.8, 4) is 0 Å². The lowest BCUT2D eigenvalue weighted by molar-refractivity contribution is 0.558. The number of hydrogen-bond acceptors (Lipinski definition) is 20. The molecule has 8 aromatic heterocycles. The average molecular weight is 1520 g/mol. The summed E-state index contributed by atoms with van der Waals surface area (Å²) in [5.74, 6) is 10.6. The summed E-state index contributed by atoms with van der Waals surface area (Å²) in [6, 6.07) is 33.7. The monoisotopic (exact) mass is 1520 g/mol. The Balaban J connectivity index is 0.000000128.